The zero-order valence-electron chi connectivity index (χ0n) is 11.6. The Morgan fingerprint density at radius 3 is 2.55 bits per heavy atom. The van der Waals surface area contributed by atoms with Crippen molar-refractivity contribution in [2.24, 2.45) is 0 Å². The van der Waals surface area contributed by atoms with E-state index in [2.05, 4.69) is 10.8 Å². The molecule has 0 spiro atoms. The minimum absolute atomic E-state index is 0.231. The van der Waals surface area contributed by atoms with Crippen LogP contribution in [0.4, 0.5) is 4.79 Å². The molecule has 0 radical (unpaired) electrons. The molecule has 1 fully saturated rings. The van der Waals surface area contributed by atoms with Crippen LogP contribution >= 0.6 is 0 Å². The number of carbonyl (C=O) groups excluding carboxylic acids is 1. The number of hydrogen-bond acceptors (Lipinski definition) is 3. The largest absolute Gasteiger partial charge is 0.445 e. The lowest BCUT2D eigenvalue weighted by molar-refractivity contribution is 0.0722. The van der Waals surface area contributed by atoms with E-state index in [1.807, 2.05) is 30.3 Å². The Hall–Kier alpha value is -1.99. The summed E-state index contributed by atoms with van der Waals surface area (Å²) >= 11 is 0. The Balaban J connectivity index is 1.71. The fourth-order valence-electron chi connectivity index (χ4n) is 2.19. The van der Waals surface area contributed by atoms with Crippen LogP contribution in [0.25, 0.3) is 0 Å². The van der Waals surface area contributed by atoms with Gasteiger partial charge in [0.25, 0.3) is 0 Å². The number of carbonyl (C=O) groups is 1. The molecule has 1 aliphatic rings. The summed E-state index contributed by atoms with van der Waals surface area (Å²) in [6.45, 7) is 4.38. The number of benzene rings is 1. The molecule has 4 nitrogen and oxygen atoms in total. The van der Waals surface area contributed by atoms with Crippen molar-refractivity contribution >= 4 is 6.09 Å². The average Bonchev–Trinajstić information content (AvgIpc) is 2.52. The van der Waals surface area contributed by atoms with E-state index >= 15 is 0 Å². The molecule has 0 saturated carbocycles. The van der Waals surface area contributed by atoms with Crippen molar-refractivity contribution in [1.82, 2.24) is 9.80 Å². The van der Waals surface area contributed by atoms with Gasteiger partial charge in [-0.1, -0.05) is 30.3 Å². The highest BCUT2D eigenvalue weighted by Gasteiger charge is 2.21. The molecule has 106 valence electrons. The first-order valence-electron chi connectivity index (χ1n) is 6.91. The first-order chi connectivity index (χ1) is 9.79. The third-order valence-electron chi connectivity index (χ3n) is 3.41. The Labute approximate surface area is 120 Å². The van der Waals surface area contributed by atoms with Gasteiger partial charge in [0.05, 0.1) is 0 Å². The molecule has 0 atom stereocenters. The van der Waals surface area contributed by atoms with Crippen molar-refractivity contribution < 1.29 is 9.53 Å². The third kappa shape index (κ3) is 4.29. The molecule has 0 N–H and O–H groups in total. The molecule has 1 aliphatic heterocycles. The average molecular weight is 272 g/mol. The van der Waals surface area contributed by atoms with E-state index in [1.165, 1.54) is 0 Å². The standard InChI is InChI=1S/C16H20N2O2/c1-2-3-9-17-10-12-18(13-11-17)16(19)20-14-15-7-5-4-6-8-15/h1,4-8H,3,9-14H2. The lowest BCUT2D eigenvalue weighted by Crippen LogP contribution is -2.48. The molecule has 1 amide bonds. The van der Waals surface area contributed by atoms with Gasteiger partial charge in [-0.3, -0.25) is 4.90 Å². The second-order valence-corrected chi connectivity index (χ2v) is 4.82. The van der Waals surface area contributed by atoms with E-state index in [4.69, 9.17) is 11.2 Å². The smallest absolute Gasteiger partial charge is 0.410 e. The highest BCUT2D eigenvalue weighted by Crippen LogP contribution is 2.07. The summed E-state index contributed by atoms with van der Waals surface area (Å²) < 4.78 is 5.32. The van der Waals surface area contributed by atoms with Crippen LogP contribution in [0.15, 0.2) is 30.3 Å². The van der Waals surface area contributed by atoms with Gasteiger partial charge in [-0.05, 0) is 5.56 Å². The number of terminal acetylenes is 1. The van der Waals surface area contributed by atoms with Crippen molar-refractivity contribution in [1.29, 1.82) is 0 Å². The van der Waals surface area contributed by atoms with Gasteiger partial charge in [0.2, 0.25) is 0 Å². The van der Waals surface area contributed by atoms with Gasteiger partial charge >= 0.3 is 6.09 Å². The minimum Gasteiger partial charge on any atom is -0.445 e. The van der Waals surface area contributed by atoms with Crippen LogP contribution in [0.3, 0.4) is 0 Å². The molecule has 1 aromatic rings. The van der Waals surface area contributed by atoms with Gasteiger partial charge in [0.15, 0.2) is 0 Å². The lowest BCUT2D eigenvalue weighted by atomic mass is 10.2. The van der Waals surface area contributed by atoms with Gasteiger partial charge in [0, 0.05) is 39.1 Å². The zero-order valence-corrected chi connectivity index (χ0v) is 11.6. The van der Waals surface area contributed by atoms with Crippen molar-refractivity contribution in [3.8, 4) is 12.3 Å². The second kappa shape index (κ2) is 7.56. The molecule has 1 saturated heterocycles. The number of rotatable bonds is 4. The van der Waals surface area contributed by atoms with Crippen LogP contribution < -0.4 is 0 Å². The quantitative estimate of drug-likeness (QED) is 0.786. The third-order valence-corrected chi connectivity index (χ3v) is 3.41. The monoisotopic (exact) mass is 272 g/mol. The highest BCUT2D eigenvalue weighted by atomic mass is 16.6. The molecular formula is C16H20N2O2. The Bertz CT molecular complexity index is 459. The van der Waals surface area contributed by atoms with Crippen LogP contribution in [0.1, 0.15) is 12.0 Å². The first kappa shape index (κ1) is 14.4. The molecule has 20 heavy (non-hydrogen) atoms. The number of ether oxygens (including phenoxy) is 1. The van der Waals surface area contributed by atoms with Crippen LogP contribution in [0.2, 0.25) is 0 Å². The number of amides is 1. The number of hydrogen-bond donors (Lipinski definition) is 0. The maximum absolute atomic E-state index is 11.9. The molecule has 0 aromatic heterocycles. The number of piperazine rings is 1. The predicted octanol–water partition coefficient (Wildman–Crippen LogP) is 1.96. The number of nitrogens with zero attached hydrogens (tertiary/aromatic N) is 2. The van der Waals surface area contributed by atoms with Gasteiger partial charge in [-0.25, -0.2) is 4.79 Å². The van der Waals surface area contributed by atoms with Gasteiger partial charge in [-0.15, -0.1) is 12.3 Å². The highest BCUT2D eigenvalue weighted by molar-refractivity contribution is 5.67. The van der Waals surface area contributed by atoms with E-state index in [0.717, 1.165) is 31.6 Å². The van der Waals surface area contributed by atoms with E-state index in [-0.39, 0.29) is 6.09 Å². The zero-order chi connectivity index (χ0) is 14.2. The van der Waals surface area contributed by atoms with E-state index in [1.54, 1.807) is 4.90 Å². The topological polar surface area (TPSA) is 32.8 Å². The molecular weight excluding hydrogens is 252 g/mol. The Kier molecular flexibility index (Phi) is 5.45. The van der Waals surface area contributed by atoms with E-state index < -0.39 is 0 Å². The van der Waals surface area contributed by atoms with Crippen molar-refractivity contribution in [3.05, 3.63) is 35.9 Å². The summed E-state index contributed by atoms with van der Waals surface area (Å²) in [4.78, 5) is 16.0. The van der Waals surface area contributed by atoms with Crippen molar-refractivity contribution in [3.63, 3.8) is 0 Å². The SMILES string of the molecule is C#CCCN1CCN(C(=O)OCc2ccccc2)CC1. The normalized spacial score (nSPS) is 15.7. The predicted molar refractivity (Wildman–Crippen MR) is 78.1 cm³/mol. The molecule has 0 bridgehead atoms. The molecule has 0 unspecified atom stereocenters. The molecule has 1 aromatic carbocycles. The fourth-order valence-corrected chi connectivity index (χ4v) is 2.19. The summed E-state index contributed by atoms with van der Waals surface area (Å²) in [5.41, 5.74) is 1.01. The molecule has 0 aliphatic carbocycles. The summed E-state index contributed by atoms with van der Waals surface area (Å²) in [5.74, 6) is 2.64. The molecule has 1 heterocycles. The summed E-state index contributed by atoms with van der Waals surface area (Å²) in [5, 5.41) is 0. The minimum atomic E-state index is -0.231. The van der Waals surface area contributed by atoms with Crippen LogP contribution in [0, 0.1) is 12.3 Å². The van der Waals surface area contributed by atoms with E-state index in [0.29, 0.717) is 19.7 Å². The maximum atomic E-state index is 11.9. The van der Waals surface area contributed by atoms with Gasteiger partial charge in [-0.2, -0.15) is 0 Å². The van der Waals surface area contributed by atoms with Crippen molar-refractivity contribution in [2.45, 2.75) is 13.0 Å². The molecule has 4 heteroatoms. The first-order valence-corrected chi connectivity index (χ1v) is 6.91. The van der Waals surface area contributed by atoms with Crippen LogP contribution in [-0.4, -0.2) is 48.6 Å². The van der Waals surface area contributed by atoms with Crippen LogP contribution in [-0.2, 0) is 11.3 Å². The Morgan fingerprint density at radius 1 is 1.20 bits per heavy atom. The summed E-state index contributed by atoms with van der Waals surface area (Å²) in [6.07, 6.45) is 5.79. The molecule has 2 rings (SSSR count). The van der Waals surface area contributed by atoms with Crippen LogP contribution in [0.5, 0.6) is 0 Å². The summed E-state index contributed by atoms with van der Waals surface area (Å²) in [6, 6.07) is 9.72. The van der Waals surface area contributed by atoms with Crippen molar-refractivity contribution in [2.75, 3.05) is 32.7 Å². The summed E-state index contributed by atoms with van der Waals surface area (Å²) in [7, 11) is 0. The van der Waals surface area contributed by atoms with Gasteiger partial charge < -0.3 is 9.64 Å². The maximum Gasteiger partial charge on any atom is 0.410 e. The van der Waals surface area contributed by atoms with E-state index in [9.17, 15) is 4.79 Å². The fraction of sp³-hybridized carbons (Fsp3) is 0.438. The van der Waals surface area contributed by atoms with Gasteiger partial charge in [0.1, 0.15) is 6.61 Å². The second-order valence-electron chi connectivity index (χ2n) is 4.82. The Morgan fingerprint density at radius 2 is 1.90 bits per heavy atom. The lowest BCUT2D eigenvalue weighted by Gasteiger charge is -2.33.